The molecule has 1 atom stereocenters. The normalized spacial score (nSPS) is 11.6. The van der Waals surface area contributed by atoms with Gasteiger partial charge in [-0.05, 0) is 59.9 Å². The van der Waals surface area contributed by atoms with E-state index in [1.165, 1.54) is 12.1 Å². The van der Waals surface area contributed by atoms with E-state index >= 15 is 0 Å². The van der Waals surface area contributed by atoms with Crippen LogP contribution in [0.5, 0.6) is 5.75 Å². The first-order chi connectivity index (χ1) is 16.8. The van der Waals surface area contributed by atoms with Gasteiger partial charge in [0.1, 0.15) is 11.6 Å². The molecule has 0 heterocycles. The lowest BCUT2D eigenvalue weighted by Crippen LogP contribution is -2.42. The van der Waals surface area contributed by atoms with E-state index in [-0.39, 0.29) is 24.7 Å². The Morgan fingerprint density at radius 2 is 1.69 bits per heavy atom. The molecule has 0 bridgehead atoms. The van der Waals surface area contributed by atoms with Gasteiger partial charge >= 0.3 is 0 Å². The van der Waals surface area contributed by atoms with E-state index in [0.29, 0.717) is 42.9 Å². The lowest BCUT2D eigenvalue weighted by atomic mass is 10.1. The van der Waals surface area contributed by atoms with Gasteiger partial charge in [-0.2, -0.15) is 0 Å². The molecule has 0 saturated carbocycles. The fourth-order valence-corrected chi connectivity index (χ4v) is 3.54. The average Bonchev–Trinajstić information content (AvgIpc) is 2.83. The summed E-state index contributed by atoms with van der Waals surface area (Å²) in [6.45, 7) is 0.453. The smallest absolute Gasteiger partial charge is 0.255 e. The van der Waals surface area contributed by atoms with E-state index < -0.39 is 17.9 Å². The van der Waals surface area contributed by atoms with Crippen molar-refractivity contribution in [2.45, 2.75) is 25.3 Å². The zero-order valence-electron chi connectivity index (χ0n) is 19.3. The molecule has 0 aromatic heterocycles. The lowest BCUT2D eigenvalue weighted by molar-refractivity contribution is -0.122. The molecule has 8 nitrogen and oxygen atoms in total. The van der Waals surface area contributed by atoms with Crippen LogP contribution >= 0.6 is 0 Å². The Morgan fingerprint density at radius 1 is 0.943 bits per heavy atom. The average molecular weight is 481 g/mol. The number of hydrogen-bond acceptors (Lipinski definition) is 5. The van der Waals surface area contributed by atoms with Crippen LogP contribution in [-0.2, 0) is 16.0 Å². The molecule has 3 aromatic carbocycles. The van der Waals surface area contributed by atoms with Gasteiger partial charge in [-0.1, -0.05) is 36.4 Å². The van der Waals surface area contributed by atoms with Crippen molar-refractivity contribution in [2.75, 3.05) is 19.7 Å². The summed E-state index contributed by atoms with van der Waals surface area (Å²) in [6, 6.07) is 16.3. The topological polar surface area (TPSA) is 137 Å². The van der Waals surface area contributed by atoms with Crippen molar-refractivity contribution in [2.24, 2.45) is 11.5 Å². The number of nitrogens with two attached hydrogens (primary N) is 2. The molecule has 0 aliphatic heterocycles. The minimum atomic E-state index is -0.771. The number of halogens is 1. The molecule has 184 valence electrons. The van der Waals surface area contributed by atoms with E-state index in [1.807, 2.05) is 24.3 Å². The number of rotatable bonds is 12. The minimum absolute atomic E-state index is 0.245. The fraction of sp³-hybridized carbons (Fsp3) is 0.269. The van der Waals surface area contributed by atoms with Gasteiger partial charge in [0.25, 0.3) is 5.91 Å². The number of ether oxygens (including phenoxy) is 1. The molecule has 3 amide bonds. The summed E-state index contributed by atoms with van der Waals surface area (Å²) in [5.74, 6) is -1.37. The number of primary amides is 1. The van der Waals surface area contributed by atoms with E-state index in [4.69, 9.17) is 16.2 Å². The highest BCUT2D eigenvalue weighted by Crippen LogP contribution is 2.26. The quantitative estimate of drug-likeness (QED) is 0.294. The molecular formula is C26H29FN4O4. The van der Waals surface area contributed by atoms with Gasteiger partial charge in [-0.3, -0.25) is 14.4 Å². The summed E-state index contributed by atoms with van der Waals surface area (Å²) >= 11 is 0. The minimum Gasteiger partial charge on any atom is -0.493 e. The fourth-order valence-electron chi connectivity index (χ4n) is 3.54. The summed E-state index contributed by atoms with van der Waals surface area (Å²) in [4.78, 5) is 35.8. The number of fused-ring (bicyclic) bond motifs is 1. The van der Waals surface area contributed by atoms with Crippen molar-refractivity contribution < 1.29 is 23.5 Å². The van der Waals surface area contributed by atoms with Crippen LogP contribution in [0.15, 0.2) is 60.7 Å². The van der Waals surface area contributed by atoms with Crippen LogP contribution in [0, 0.1) is 5.82 Å². The summed E-state index contributed by atoms with van der Waals surface area (Å²) in [7, 11) is 0. The first-order valence-corrected chi connectivity index (χ1v) is 11.3. The second kappa shape index (κ2) is 12.5. The van der Waals surface area contributed by atoms with Crippen LogP contribution < -0.4 is 26.8 Å². The largest absolute Gasteiger partial charge is 0.493 e. The maximum absolute atomic E-state index is 13.3. The predicted molar refractivity (Wildman–Crippen MR) is 131 cm³/mol. The molecular weight excluding hydrogens is 451 g/mol. The standard InChI is InChI=1S/C26H29FN4O4/c27-20-9-5-6-17(12-20)13-22(28)26(34)30-10-3-4-11-35-23-15-19-8-2-1-7-18(19)14-21(23)25(33)31-16-24(29)32/h1-2,5-9,12,14-15,22H,3-4,10-11,13,16,28H2,(H2,29,32)(H,30,34)(H,31,33). The van der Waals surface area contributed by atoms with Gasteiger partial charge in [0.15, 0.2) is 0 Å². The van der Waals surface area contributed by atoms with Crippen molar-refractivity contribution in [1.82, 2.24) is 10.6 Å². The Hall–Kier alpha value is -3.98. The highest BCUT2D eigenvalue weighted by atomic mass is 19.1. The predicted octanol–water partition coefficient (Wildman–Crippen LogP) is 2.04. The molecule has 0 saturated heterocycles. The molecule has 0 fully saturated rings. The van der Waals surface area contributed by atoms with Crippen LogP contribution in [0.3, 0.4) is 0 Å². The second-order valence-corrected chi connectivity index (χ2v) is 8.13. The van der Waals surface area contributed by atoms with Crippen LogP contribution in [-0.4, -0.2) is 43.5 Å². The Kier molecular flexibility index (Phi) is 9.14. The Balaban J connectivity index is 1.48. The lowest BCUT2D eigenvalue weighted by Gasteiger charge is -2.14. The Bertz CT molecular complexity index is 1200. The molecule has 0 aliphatic rings. The third kappa shape index (κ3) is 7.79. The number of nitrogens with one attached hydrogen (secondary N) is 2. The number of carbonyl (C=O) groups excluding carboxylic acids is 3. The van der Waals surface area contributed by atoms with E-state index in [9.17, 15) is 18.8 Å². The number of carbonyl (C=O) groups is 3. The first-order valence-electron chi connectivity index (χ1n) is 11.3. The third-order valence-corrected chi connectivity index (χ3v) is 5.33. The van der Waals surface area contributed by atoms with E-state index in [1.54, 1.807) is 24.3 Å². The van der Waals surface area contributed by atoms with Gasteiger partial charge in [0.2, 0.25) is 11.8 Å². The molecule has 9 heteroatoms. The molecule has 0 aliphatic carbocycles. The van der Waals surface area contributed by atoms with Crippen LogP contribution in [0.1, 0.15) is 28.8 Å². The monoisotopic (exact) mass is 480 g/mol. The summed E-state index contributed by atoms with van der Waals surface area (Å²) in [6.07, 6.45) is 1.50. The van der Waals surface area contributed by atoms with E-state index in [2.05, 4.69) is 10.6 Å². The van der Waals surface area contributed by atoms with E-state index in [0.717, 1.165) is 10.8 Å². The Labute approximate surface area is 202 Å². The summed E-state index contributed by atoms with van der Waals surface area (Å²) in [5.41, 5.74) is 12.0. The zero-order chi connectivity index (χ0) is 25.2. The third-order valence-electron chi connectivity index (χ3n) is 5.33. The number of amides is 3. The molecule has 1 unspecified atom stereocenters. The first kappa shape index (κ1) is 25.6. The van der Waals surface area contributed by atoms with Gasteiger partial charge in [-0.25, -0.2) is 4.39 Å². The number of unbranched alkanes of at least 4 members (excludes halogenated alkanes) is 1. The van der Waals surface area contributed by atoms with Gasteiger partial charge in [0, 0.05) is 6.54 Å². The maximum Gasteiger partial charge on any atom is 0.255 e. The molecule has 0 spiro atoms. The van der Waals surface area contributed by atoms with Crippen molar-refractivity contribution in [3.63, 3.8) is 0 Å². The van der Waals surface area contributed by atoms with Crippen LogP contribution in [0.25, 0.3) is 10.8 Å². The van der Waals surface area contributed by atoms with Gasteiger partial charge in [0.05, 0.1) is 24.8 Å². The van der Waals surface area contributed by atoms with Crippen molar-refractivity contribution in [1.29, 1.82) is 0 Å². The molecule has 3 aromatic rings. The van der Waals surface area contributed by atoms with Crippen molar-refractivity contribution >= 4 is 28.5 Å². The van der Waals surface area contributed by atoms with Crippen molar-refractivity contribution in [3.8, 4) is 5.75 Å². The SMILES string of the molecule is NC(=O)CNC(=O)c1cc2ccccc2cc1OCCCCNC(=O)C(N)Cc1cccc(F)c1. The highest BCUT2D eigenvalue weighted by molar-refractivity contribution is 6.02. The molecule has 3 rings (SSSR count). The second-order valence-electron chi connectivity index (χ2n) is 8.13. The Morgan fingerprint density at radius 3 is 2.40 bits per heavy atom. The summed E-state index contributed by atoms with van der Waals surface area (Å²) in [5, 5.41) is 7.03. The molecule has 0 radical (unpaired) electrons. The van der Waals surface area contributed by atoms with Gasteiger partial charge in [-0.15, -0.1) is 0 Å². The number of hydrogen-bond donors (Lipinski definition) is 4. The highest BCUT2D eigenvalue weighted by Gasteiger charge is 2.16. The molecule has 35 heavy (non-hydrogen) atoms. The molecule has 6 N–H and O–H groups in total. The van der Waals surface area contributed by atoms with Crippen LogP contribution in [0.4, 0.5) is 4.39 Å². The zero-order valence-corrected chi connectivity index (χ0v) is 19.3. The van der Waals surface area contributed by atoms with Crippen molar-refractivity contribution in [3.05, 3.63) is 77.6 Å². The number of benzene rings is 3. The summed E-state index contributed by atoms with van der Waals surface area (Å²) < 4.78 is 19.2. The maximum atomic E-state index is 13.3. The van der Waals surface area contributed by atoms with Crippen LogP contribution in [0.2, 0.25) is 0 Å². The van der Waals surface area contributed by atoms with Gasteiger partial charge < -0.3 is 26.8 Å².